The van der Waals surface area contributed by atoms with Crippen LogP contribution in [0.15, 0.2) is 17.2 Å². The Balaban J connectivity index is 2.07. The second-order valence-electron chi connectivity index (χ2n) is 5.08. The maximum Gasteiger partial charge on any atom is 0.242 e. The molecule has 1 aliphatic rings. The van der Waals surface area contributed by atoms with E-state index in [1.165, 1.54) is 12.3 Å². The van der Waals surface area contributed by atoms with Gasteiger partial charge in [-0.15, -0.1) is 0 Å². The lowest BCUT2D eigenvalue weighted by Gasteiger charge is -2.27. The fourth-order valence-electron chi connectivity index (χ4n) is 2.46. The SMILES string of the molecule is CNc1ncc(S(=O)(=O)NC2CCC(SC)CC2)cc1Cl. The summed E-state index contributed by atoms with van der Waals surface area (Å²) in [6, 6.07) is 1.43. The van der Waals surface area contributed by atoms with Crippen LogP contribution in [0.2, 0.25) is 5.02 Å². The minimum atomic E-state index is -3.56. The summed E-state index contributed by atoms with van der Waals surface area (Å²) < 4.78 is 27.5. The largest absolute Gasteiger partial charge is 0.372 e. The van der Waals surface area contributed by atoms with Crippen molar-refractivity contribution in [2.75, 3.05) is 18.6 Å². The number of halogens is 1. The zero-order chi connectivity index (χ0) is 15.5. The normalized spacial score (nSPS) is 23.0. The van der Waals surface area contributed by atoms with Gasteiger partial charge >= 0.3 is 0 Å². The molecule has 8 heteroatoms. The highest BCUT2D eigenvalue weighted by molar-refractivity contribution is 7.99. The van der Waals surface area contributed by atoms with Crippen molar-refractivity contribution in [1.29, 1.82) is 0 Å². The van der Waals surface area contributed by atoms with Crippen LogP contribution in [0, 0.1) is 0 Å². The number of thioether (sulfide) groups is 1. The van der Waals surface area contributed by atoms with Crippen LogP contribution in [0.25, 0.3) is 0 Å². The molecule has 118 valence electrons. The van der Waals surface area contributed by atoms with Gasteiger partial charge in [-0.25, -0.2) is 18.1 Å². The Morgan fingerprint density at radius 2 is 2.00 bits per heavy atom. The number of aromatic nitrogens is 1. The fraction of sp³-hybridized carbons (Fsp3) is 0.615. The molecule has 0 bridgehead atoms. The van der Waals surface area contributed by atoms with Crippen molar-refractivity contribution in [2.24, 2.45) is 0 Å². The minimum Gasteiger partial charge on any atom is -0.372 e. The quantitative estimate of drug-likeness (QED) is 0.855. The summed E-state index contributed by atoms with van der Waals surface area (Å²) in [5.74, 6) is 0.469. The Bertz CT molecular complexity index is 587. The Morgan fingerprint density at radius 3 is 2.52 bits per heavy atom. The fourth-order valence-corrected chi connectivity index (χ4v) is 4.80. The van der Waals surface area contributed by atoms with Gasteiger partial charge in [0.1, 0.15) is 10.7 Å². The number of pyridine rings is 1. The van der Waals surface area contributed by atoms with Gasteiger partial charge in [0, 0.05) is 24.5 Å². The lowest BCUT2D eigenvalue weighted by atomic mass is 9.96. The molecule has 0 spiro atoms. The topological polar surface area (TPSA) is 71.1 Å². The molecule has 0 amide bonds. The van der Waals surface area contributed by atoms with E-state index in [1.807, 2.05) is 11.8 Å². The number of hydrogen-bond donors (Lipinski definition) is 2. The molecule has 2 rings (SSSR count). The molecular weight excluding hydrogens is 330 g/mol. The molecule has 0 unspecified atom stereocenters. The van der Waals surface area contributed by atoms with Crippen molar-refractivity contribution in [2.45, 2.75) is 41.9 Å². The summed E-state index contributed by atoms with van der Waals surface area (Å²) in [6.07, 6.45) is 7.28. The van der Waals surface area contributed by atoms with Crippen LogP contribution >= 0.6 is 23.4 Å². The van der Waals surface area contributed by atoms with Gasteiger partial charge in [-0.3, -0.25) is 0 Å². The number of nitrogens with one attached hydrogen (secondary N) is 2. The van der Waals surface area contributed by atoms with Crippen LogP contribution in [0.1, 0.15) is 25.7 Å². The molecule has 1 aromatic heterocycles. The first-order chi connectivity index (χ1) is 9.96. The average Bonchev–Trinajstić information content (AvgIpc) is 2.47. The molecule has 1 aliphatic carbocycles. The Kier molecular flexibility index (Phi) is 5.76. The third-order valence-electron chi connectivity index (χ3n) is 3.69. The third kappa shape index (κ3) is 4.25. The first kappa shape index (κ1) is 16.9. The van der Waals surface area contributed by atoms with Crippen molar-refractivity contribution < 1.29 is 8.42 Å². The zero-order valence-electron chi connectivity index (χ0n) is 12.1. The number of rotatable bonds is 5. The highest BCUT2D eigenvalue weighted by Gasteiger charge is 2.26. The summed E-state index contributed by atoms with van der Waals surface area (Å²) in [7, 11) is -1.88. The summed E-state index contributed by atoms with van der Waals surface area (Å²) in [4.78, 5) is 4.13. The van der Waals surface area contributed by atoms with E-state index >= 15 is 0 Å². The molecule has 1 heterocycles. The van der Waals surface area contributed by atoms with Gasteiger partial charge in [-0.1, -0.05) is 11.6 Å². The lowest BCUT2D eigenvalue weighted by Crippen LogP contribution is -2.38. The number of sulfonamides is 1. The molecule has 2 N–H and O–H groups in total. The van der Waals surface area contributed by atoms with Gasteiger partial charge < -0.3 is 5.32 Å². The lowest BCUT2D eigenvalue weighted by molar-refractivity contribution is 0.420. The second-order valence-corrected chi connectivity index (χ2v) is 8.34. The van der Waals surface area contributed by atoms with Crippen molar-refractivity contribution >= 4 is 39.2 Å². The van der Waals surface area contributed by atoms with Gasteiger partial charge in [0.2, 0.25) is 10.0 Å². The molecular formula is C13H20ClN3O2S2. The van der Waals surface area contributed by atoms with E-state index in [4.69, 9.17) is 11.6 Å². The Morgan fingerprint density at radius 1 is 1.33 bits per heavy atom. The zero-order valence-corrected chi connectivity index (χ0v) is 14.5. The predicted octanol–water partition coefficient (Wildman–Crippen LogP) is 2.73. The van der Waals surface area contributed by atoms with Crippen LogP contribution in [0.3, 0.4) is 0 Å². The average molecular weight is 350 g/mol. The van der Waals surface area contributed by atoms with Gasteiger partial charge in [0.15, 0.2) is 0 Å². The summed E-state index contributed by atoms with van der Waals surface area (Å²) in [5, 5.41) is 3.75. The van der Waals surface area contributed by atoms with E-state index in [0.29, 0.717) is 16.1 Å². The molecule has 0 aromatic carbocycles. The molecule has 0 atom stereocenters. The first-order valence-corrected chi connectivity index (χ1v) is 9.99. The smallest absolute Gasteiger partial charge is 0.242 e. The molecule has 1 saturated carbocycles. The van der Waals surface area contributed by atoms with E-state index in [9.17, 15) is 8.42 Å². The van der Waals surface area contributed by atoms with Gasteiger partial charge in [-0.2, -0.15) is 11.8 Å². The van der Waals surface area contributed by atoms with Gasteiger partial charge in [0.05, 0.1) is 5.02 Å². The molecule has 21 heavy (non-hydrogen) atoms. The highest BCUT2D eigenvalue weighted by Crippen LogP contribution is 2.28. The predicted molar refractivity (Wildman–Crippen MR) is 88.7 cm³/mol. The molecule has 0 saturated heterocycles. The van der Waals surface area contributed by atoms with E-state index in [-0.39, 0.29) is 10.9 Å². The van der Waals surface area contributed by atoms with Crippen molar-refractivity contribution in [1.82, 2.24) is 9.71 Å². The Labute approximate surface area is 135 Å². The molecule has 0 aliphatic heterocycles. The molecule has 5 nitrogen and oxygen atoms in total. The summed E-state index contributed by atoms with van der Waals surface area (Å²) in [5.41, 5.74) is 0. The number of anilines is 1. The van der Waals surface area contributed by atoms with Crippen molar-refractivity contribution in [3.05, 3.63) is 17.3 Å². The molecule has 1 aromatic rings. The van der Waals surface area contributed by atoms with Crippen LogP contribution in [0.4, 0.5) is 5.82 Å². The number of nitrogens with zero attached hydrogens (tertiary/aromatic N) is 1. The maximum atomic E-state index is 12.4. The van der Waals surface area contributed by atoms with Crippen molar-refractivity contribution in [3.63, 3.8) is 0 Å². The van der Waals surface area contributed by atoms with Crippen LogP contribution in [-0.4, -0.2) is 38.0 Å². The third-order valence-corrected chi connectivity index (χ3v) is 6.61. The first-order valence-electron chi connectivity index (χ1n) is 6.84. The van der Waals surface area contributed by atoms with Crippen molar-refractivity contribution in [3.8, 4) is 0 Å². The van der Waals surface area contributed by atoms with E-state index in [0.717, 1.165) is 25.7 Å². The summed E-state index contributed by atoms with van der Waals surface area (Å²) in [6.45, 7) is 0. The summed E-state index contributed by atoms with van der Waals surface area (Å²) >= 11 is 7.85. The monoisotopic (exact) mass is 349 g/mol. The van der Waals surface area contributed by atoms with Gasteiger partial charge in [0.25, 0.3) is 0 Å². The highest BCUT2D eigenvalue weighted by atomic mass is 35.5. The van der Waals surface area contributed by atoms with E-state index < -0.39 is 10.0 Å². The maximum absolute atomic E-state index is 12.4. The van der Waals surface area contributed by atoms with E-state index in [2.05, 4.69) is 21.3 Å². The van der Waals surface area contributed by atoms with E-state index in [1.54, 1.807) is 7.05 Å². The Hall–Kier alpha value is -0.500. The van der Waals surface area contributed by atoms with Crippen LogP contribution < -0.4 is 10.0 Å². The number of hydrogen-bond acceptors (Lipinski definition) is 5. The van der Waals surface area contributed by atoms with Gasteiger partial charge in [-0.05, 0) is 38.0 Å². The van der Waals surface area contributed by atoms with Crippen LogP contribution in [-0.2, 0) is 10.0 Å². The molecule has 1 fully saturated rings. The minimum absolute atomic E-state index is 0.00107. The second kappa shape index (κ2) is 7.17. The standard InChI is InChI=1S/C13H20ClN3O2S2/c1-15-13-12(14)7-11(8-16-13)21(18,19)17-9-3-5-10(20-2)6-4-9/h7-10,17H,3-6H2,1-2H3,(H,15,16). The molecule has 0 radical (unpaired) electrons. The van der Waals surface area contributed by atoms with Crippen LogP contribution in [0.5, 0.6) is 0 Å².